The number of carboxylic acids is 1. The van der Waals surface area contributed by atoms with E-state index in [2.05, 4.69) is 29.3 Å². The number of nitrogens with one attached hydrogen (secondary N) is 1. The van der Waals surface area contributed by atoms with Crippen LogP contribution in [0.1, 0.15) is 31.4 Å². The van der Waals surface area contributed by atoms with Crippen molar-refractivity contribution in [2.45, 2.75) is 37.9 Å². The van der Waals surface area contributed by atoms with Gasteiger partial charge < -0.3 is 10.4 Å². The highest BCUT2D eigenvalue weighted by atomic mass is 16.4. The maximum absolute atomic E-state index is 12.3. The van der Waals surface area contributed by atoms with Gasteiger partial charge in [-0.25, -0.2) is 4.79 Å². The van der Waals surface area contributed by atoms with Gasteiger partial charge in [0, 0.05) is 36.2 Å². The summed E-state index contributed by atoms with van der Waals surface area (Å²) in [5, 5.41) is 12.4. The van der Waals surface area contributed by atoms with Crippen LogP contribution in [0.25, 0.3) is 0 Å². The number of Topliss-reactive ketones (excluding diaryl/α,β-unsaturated/α-hetero) is 1. The van der Waals surface area contributed by atoms with Gasteiger partial charge >= 0.3 is 5.97 Å². The van der Waals surface area contributed by atoms with E-state index in [4.69, 9.17) is 0 Å². The molecule has 1 aliphatic carbocycles. The zero-order valence-corrected chi connectivity index (χ0v) is 13.0. The SMILES string of the molecule is C[C@H](c1ccccc1)N1C[C@@H]2C[C@H]1C1=C2C(=O)C[C@@H](C(=O)O)N1. The van der Waals surface area contributed by atoms with Crippen LogP contribution in [0.2, 0.25) is 0 Å². The molecule has 0 radical (unpaired) electrons. The van der Waals surface area contributed by atoms with Crippen LogP contribution < -0.4 is 5.32 Å². The number of nitrogens with zero attached hydrogens (tertiary/aromatic N) is 1. The highest BCUT2D eigenvalue weighted by molar-refractivity contribution is 6.01. The Kier molecular flexibility index (Phi) is 3.27. The second kappa shape index (κ2) is 5.20. The van der Waals surface area contributed by atoms with Gasteiger partial charge in [0.15, 0.2) is 5.78 Å². The van der Waals surface area contributed by atoms with E-state index in [0.29, 0.717) is 0 Å². The molecule has 0 unspecified atom stereocenters. The van der Waals surface area contributed by atoms with E-state index in [1.807, 2.05) is 18.2 Å². The predicted octanol–water partition coefficient (Wildman–Crippen LogP) is 1.72. The fraction of sp³-hybridized carbons (Fsp3) is 0.444. The average Bonchev–Trinajstić information content (AvgIpc) is 3.14. The standard InChI is InChI=1S/C18H20N2O3/c1-10(11-5-3-2-4-6-11)20-9-12-7-14(20)17-16(12)15(21)8-13(19-17)18(22)23/h2-6,10,12-14,19H,7-9H2,1H3,(H,22,23)/t10-,12+,13+,14+/m1/s1. The molecule has 3 aliphatic rings. The molecule has 0 amide bonds. The van der Waals surface area contributed by atoms with E-state index >= 15 is 0 Å². The molecule has 1 aromatic rings. The van der Waals surface area contributed by atoms with Crippen molar-refractivity contribution in [1.29, 1.82) is 0 Å². The largest absolute Gasteiger partial charge is 0.480 e. The number of benzene rings is 1. The van der Waals surface area contributed by atoms with Crippen molar-refractivity contribution in [2.24, 2.45) is 5.92 Å². The third-order valence-electron chi connectivity index (χ3n) is 5.47. The molecule has 120 valence electrons. The molecule has 1 saturated heterocycles. The molecule has 4 atom stereocenters. The second-order valence-corrected chi connectivity index (χ2v) is 6.72. The molecule has 5 heteroatoms. The van der Waals surface area contributed by atoms with Crippen molar-refractivity contribution in [2.75, 3.05) is 6.54 Å². The van der Waals surface area contributed by atoms with Crippen LogP contribution >= 0.6 is 0 Å². The topological polar surface area (TPSA) is 69.6 Å². The van der Waals surface area contributed by atoms with Gasteiger partial charge in [-0.15, -0.1) is 0 Å². The van der Waals surface area contributed by atoms with Crippen LogP contribution in [0.4, 0.5) is 0 Å². The van der Waals surface area contributed by atoms with E-state index in [0.717, 1.165) is 24.2 Å². The molecule has 0 aromatic heterocycles. The second-order valence-electron chi connectivity index (χ2n) is 6.72. The summed E-state index contributed by atoms with van der Waals surface area (Å²) in [7, 11) is 0. The Labute approximate surface area is 135 Å². The number of carboxylic acid groups (broad SMARTS) is 1. The number of ketones is 1. The Morgan fingerprint density at radius 2 is 2.09 bits per heavy atom. The number of carbonyl (C=O) groups excluding carboxylic acids is 1. The van der Waals surface area contributed by atoms with Gasteiger partial charge in [0.25, 0.3) is 0 Å². The minimum Gasteiger partial charge on any atom is -0.480 e. The van der Waals surface area contributed by atoms with Crippen molar-refractivity contribution in [1.82, 2.24) is 10.2 Å². The molecule has 0 saturated carbocycles. The van der Waals surface area contributed by atoms with Gasteiger partial charge in [-0.2, -0.15) is 0 Å². The van der Waals surface area contributed by atoms with E-state index in [9.17, 15) is 14.7 Å². The maximum atomic E-state index is 12.3. The molecule has 5 nitrogen and oxygen atoms in total. The van der Waals surface area contributed by atoms with E-state index in [1.165, 1.54) is 5.56 Å². The van der Waals surface area contributed by atoms with Gasteiger partial charge in [0.2, 0.25) is 0 Å². The lowest BCUT2D eigenvalue weighted by molar-refractivity contribution is -0.141. The lowest BCUT2D eigenvalue weighted by Gasteiger charge is -2.38. The first kappa shape index (κ1) is 14.5. The Morgan fingerprint density at radius 1 is 1.35 bits per heavy atom. The molecular formula is C18H20N2O3. The van der Waals surface area contributed by atoms with E-state index in [-0.39, 0.29) is 30.2 Å². The summed E-state index contributed by atoms with van der Waals surface area (Å²) in [5.74, 6) is -0.683. The first-order valence-corrected chi connectivity index (χ1v) is 8.13. The van der Waals surface area contributed by atoms with Crippen LogP contribution in [-0.2, 0) is 9.59 Å². The monoisotopic (exact) mass is 312 g/mol. The zero-order chi connectivity index (χ0) is 16.1. The van der Waals surface area contributed by atoms with Crippen molar-refractivity contribution >= 4 is 11.8 Å². The summed E-state index contributed by atoms with van der Waals surface area (Å²) in [6, 6.07) is 9.91. The number of carbonyl (C=O) groups is 2. The number of aliphatic carboxylic acids is 1. The molecule has 2 N–H and O–H groups in total. The molecule has 2 bridgehead atoms. The zero-order valence-electron chi connectivity index (χ0n) is 13.0. The molecular weight excluding hydrogens is 292 g/mol. The molecule has 23 heavy (non-hydrogen) atoms. The van der Waals surface area contributed by atoms with Crippen LogP contribution in [-0.4, -0.2) is 40.4 Å². The molecule has 4 rings (SSSR count). The first-order chi connectivity index (χ1) is 11.1. The van der Waals surface area contributed by atoms with Crippen molar-refractivity contribution < 1.29 is 14.7 Å². The summed E-state index contributed by atoms with van der Waals surface area (Å²) < 4.78 is 0. The van der Waals surface area contributed by atoms with E-state index in [1.54, 1.807) is 0 Å². The van der Waals surface area contributed by atoms with Gasteiger partial charge in [0.05, 0.1) is 6.04 Å². The highest BCUT2D eigenvalue weighted by Gasteiger charge is 2.51. The third-order valence-corrected chi connectivity index (χ3v) is 5.47. The number of hydrogen-bond donors (Lipinski definition) is 2. The highest BCUT2D eigenvalue weighted by Crippen LogP contribution is 2.46. The Morgan fingerprint density at radius 3 is 2.78 bits per heavy atom. The molecule has 0 spiro atoms. The summed E-state index contributed by atoms with van der Waals surface area (Å²) in [5.41, 5.74) is 2.98. The van der Waals surface area contributed by atoms with Crippen LogP contribution in [0.3, 0.4) is 0 Å². The first-order valence-electron chi connectivity index (χ1n) is 8.13. The maximum Gasteiger partial charge on any atom is 0.326 e. The summed E-state index contributed by atoms with van der Waals surface area (Å²) in [4.78, 5) is 26.0. The van der Waals surface area contributed by atoms with Gasteiger partial charge in [-0.1, -0.05) is 30.3 Å². The quantitative estimate of drug-likeness (QED) is 0.889. The number of likely N-dealkylation sites (tertiary alicyclic amines) is 1. The van der Waals surface area contributed by atoms with Gasteiger partial charge in [-0.05, 0) is 18.9 Å². The average molecular weight is 312 g/mol. The summed E-state index contributed by atoms with van der Waals surface area (Å²) in [6.45, 7) is 3.06. The normalized spacial score (nSPS) is 31.0. The number of rotatable bonds is 3. The molecule has 2 aliphatic heterocycles. The Bertz CT molecular complexity index is 697. The minimum absolute atomic E-state index is 0.0191. The van der Waals surface area contributed by atoms with Gasteiger partial charge in [0.1, 0.15) is 6.04 Å². The van der Waals surface area contributed by atoms with Gasteiger partial charge in [-0.3, -0.25) is 9.69 Å². The fourth-order valence-corrected chi connectivity index (χ4v) is 4.34. The minimum atomic E-state index is -0.949. The van der Waals surface area contributed by atoms with E-state index < -0.39 is 12.0 Å². The van der Waals surface area contributed by atoms with Crippen LogP contribution in [0.5, 0.6) is 0 Å². The lowest BCUT2D eigenvalue weighted by Crippen LogP contribution is -2.50. The molecule has 1 fully saturated rings. The van der Waals surface area contributed by atoms with Crippen LogP contribution in [0, 0.1) is 5.92 Å². The van der Waals surface area contributed by atoms with Crippen molar-refractivity contribution in [3.63, 3.8) is 0 Å². The fourth-order valence-electron chi connectivity index (χ4n) is 4.34. The van der Waals surface area contributed by atoms with Crippen molar-refractivity contribution in [3.8, 4) is 0 Å². The summed E-state index contributed by atoms with van der Waals surface area (Å²) >= 11 is 0. The number of fused-ring (bicyclic) bond motifs is 4. The molecule has 1 aromatic carbocycles. The number of hydrogen-bond acceptors (Lipinski definition) is 4. The lowest BCUT2D eigenvalue weighted by atomic mass is 9.90. The summed E-state index contributed by atoms with van der Waals surface area (Å²) in [6.07, 6.45) is 0.999. The Hall–Kier alpha value is -2.14. The Balaban J connectivity index is 1.63. The van der Waals surface area contributed by atoms with Crippen molar-refractivity contribution in [3.05, 3.63) is 47.2 Å². The molecule has 2 heterocycles. The smallest absolute Gasteiger partial charge is 0.326 e. The third kappa shape index (κ3) is 2.18. The van der Waals surface area contributed by atoms with Crippen LogP contribution in [0.15, 0.2) is 41.6 Å². The predicted molar refractivity (Wildman–Crippen MR) is 84.7 cm³/mol.